The zero-order valence-electron chi connectivity index (χ0n) is 11.2. The van der Waals surface area contributed by atoms with E-state index in [0.29, 0.717) is 11.1 Å². The van der Waals surface area contributed by atoms with Crippen LogP contribution in [0.2, 0.25) is 0 Å². The van der Waals surface area contributed by atoms with Gasteiger partial charge in [-0.15, -0.1) is 0 Å². The fourth-order valence-electron chi connectivity index (χ4n) is 2.16. The van der Waals surface area contributed by atoms with Gasteiger partial charge in [0.2, 0.25) is 10.0 Å². The maximum Gasteiger partial charge on any atom is 0.229 e. The highest BCUT2D eigenvalue weighted by atomic mass is 32.2. The molecule has 0 aliphatic rings. The van der Waals surface area contributed by atoms with Gasteiger partial charge in [-0.1, -0.05) is 12.1 Å². The molecule has 0 fully saturated rings. The van der Waals surface area contributed by atoms with Crippen molar-refractivity contribution in [2.45, 2.75) is 0 Å². The first kappa shape index (κ1) is 13.4. The Morgan fingerprint density at radius 2 is 1.86 bits per heavy atom. The average Bonchev–Trinajstić information content (AvgIpc) is 2.86. The number of phenolic OH excluding ortho intramolecular Hbond substituents is 1. The molecule has 0 unspecified atom stereocenters. The second-order valence-electron chi connectivity index (χ2n) is 4.78. The molecule has 0 bridgehead atoms. The van der Waals surface area contributed by atoms with Gasteiger partial charge in [-0.05, 0) is 35.4 Å². The molecule has 0 spiro atoms. The number of nitrogens with zero attached hydrogens (tertiary/aromatic N) is 1. The molecule has 0 atom stereocenters. The van der Waals surface area contributed by atoms with Crippen LogP contribution in [0.1, 0.15) is 0 Å². The third-order valence-electron chi connectivity index (χ3n) is 3.05. The van der Waals surface area contributed by atoms with Crippen molar-refractivity contribution >= 4 is 26.6 Å². The molecule has 6 nitrogen and oxygen atoms in total. The second-order valence-corrected chi connectivity index (χ2v) is 6.52. The first-order valence-electron chi connectivity index (χ1n) is 6.17. The van der Waals surface area contributed by atoms with E-state index in [0.717, 1.165) is 22.9 Å². The summed E-state index contributed by atoms with van der Waals surface area (Å²) >= 11 is 0. The summed E-state index contributed by atoms with van der Waals surface area (Å²) in [6.45, 7) is 0. The molecular weight excluding hydrogens is 290 g/mol. The lowest BCUT2D eigenvalue weighted by Crippen LogP contribution is -2.09. The van der Waals surface area contributed by atoms with Crippen molar-refractivity contribution in [1.82, 2.24) is 10.2 Å². The Kier molecular flexibility index (Phi) is 3.06. The van der Waals surface area contributed by atoms with E-state index in [2.05, 4.69) is 14.9 Å². The number of H-pyrrole nitrogens is 1. The van der Waals surface area contributed by atoms with Crippen molar-refractivity contribution in [3.05, 3.63) is 42.6 Å². The third-order valence-corrected chi connectivity index (χ3v) is 3.65. The fraction of sp³-hybridized carbons (Fsp3) is 0.0714. The van der Waals surface area contributed by atoms with Crippen LogP contribution in [0.15, 0.2) is 42.6 Å². The molecule has 21 heavy (non-hydrogen) atoms. The van der Waals surface area contributed by atoms with E-state index in [4.69, 9.17) is 0 Å². The summed E-state index contributed by atoms with van der Waals surface area (Å²) < 4.78 is 25.5. The summed E-state index contributed by atoms with van der Waals surface area (Å²) in [5.41, 5.74) is 2.87. The van der Waals surface area contributed by atoms with Crippen LogP contribution < -0.4 is 4.72 Å². The van der Waals surface area contributed by atoms with Crippen molar-refractivity contribution in [2.75, 3.05) is 11.0 Å². The predicted molar refractivity (Wildman–Crippen MR) is 81.7 cm³/mol. The Morgan fingerprint density at radius 1 is 1.14 bits per heavy atom. The highest BCUT2D eigenvalue weighted by molar-refractivity contribution is 7.92. The summed E-state index contributed by atoms with van der Waals surface area (Å²) in [5.74, 6) is 0.177. The van der Waals surface area contributed by atoms with Gasteiger partial charge < -0.3 is 5.11 Å². The minimum atomic E-state index is -3.38. The van der Waals surface area contributed by atoms with E-state index >= 15 is 0 Å². The van der Waals surface area contributed by atoms with Crippen molar-refractivity contribution in [3.8, 4) is 16.9 Å². The maximum atomic E-state index is 11.5. The lowest BCUT2D eigenvalue weighted by atomic mass is 10.0. The van der Waals surface area contributed by atoms with Crippen LogP contribution in [0, 0.1) is 0 Å². The van der Waals surface area contributed by atoms with Gasteiger partial charge in [-0.25, -0.2) is 8.42 Å². The largest absolute Gasteiger partial charge is 0.508 e. The van der Waals surface area contributed by atoms with Crippen LogP contribution in [0.3, 0.4) is 0 Å². The quantitative estimate of drug-likeness (QED) is 0.692. The van der Waals surface area contributed by atoms with Crippen LogP contribution in [0.25, 0.3) is 22.0 Å². The first-order valence-corrected chi connectivity index (χ1v) is 8.06. The molecule has 7 heteroatoms. The number of phenols is 1. The van der Waals surface area contributed by atoms with Gasteiger partial charge in [0.1, 0.15) is 5.75 Å². The predicted octanol–water partition coefficient (Wildman–Crippen LogP) is 2.31. The molecule has 108 valence electrons. The highest BCUT2D eigenvalue weighted by Crippen LogP contribution is 2.31. The monoisotopic (exact) mass is 303 g/mol. The Bertz CT molecular complexity index is 899. The van der Waals surface area contributed by atoms with Crippen LogP contribution in [-0.2, 0) is 10.0 Å². The lowest BCUT2D eigenvalue weighted by Gasteiger charge is -2.09. The Balaban J connectivity index is 2.18. The van der Waals surface area contributed by atoms with Crippen LogP contribution in [0.4, 0.5) is 5.69 Å². The summed E-state index contributed by atoms with van der Waals surface area (Å²) in [5, 5.41) is 16.8. The van der Waals surface area contributed by atoms with Gasteiger partial charge in [0.15, 0.2) is 0 Å². The number of anilines is 1. The van der Waals surface area contributed by atoms with E-state index in [-0.39, 0.29) is 5.75 Å². The van der Waals surface area contributed by atoms with Crippen molar-refractivity contribution < 1.29 is 13.5 Å². The molecule has 2 aromatic carbocycles. The normalized spacial score (nSPS) is 11.7. The number of aromatic nitrogens is 2. The summed E-state index contributed by atoms with van der Waals surface area (Å²) in [6.07, 6.45) is 2.68. The number of aromatic hydroxyl groups is 1. The van der Waals surface area contributed by atoms with Crippen LogP contribution >= 0.6 is 0 Å². The Labute approximate surface area is 121 Å². The minimum absolute atomic E-state index is 0.177. The average molecular weight is 303 g/mol. The Morgan fingerprint density at radius 3 is 2.52 bits per heavy atom. The molecule has 0 saturated heterocycles. The number of sulfonamides is 1. The molecule has 0 radical (unpaired) electrons. The topological polar surface area (TPSA) is 95.1 Å². The number of hydrogen-bond acceptors (Lipinski definition) is 4. The number of hydrogen-bond donors (Lipinski definition) is 3. The zero-order chi connectivity index (χ0) is 15.0. The molecule has 0 aliphatic carbocycles. The number of benzene rings is 2. The smallest absolute Gasteiger partial charge is 0.229 e. The second kappa shape index (κ2) is 4.78. The molecule has 3 aromatic rings. The summed E-state index contributed by atoms with van der Waals surface area (Å²) in [7, 11) is -3.38. The zero-order valence-corrected chi connectivity index (χ0v) is 12.0. The minimum Gasteiger partial charge on any atom is -0.508 e. The number of fused-ring (bicyclic) bond motifs is 1. The lowest BCUT2D eigenvalue weighted by molar-refractivity contribution is 0.475. The van der Waals surface area contributed by atoms with Gasteiger partial charge in [-0.3, -0.25) is 9.82 Å². The van der Waals surface area contributed by atoms with Gasteiger partial charge in [0.25, 0.3) is 0 Å². The molecular formula is C14H13N3O3S. The van der Waals surface area contributed by atoms with Crippen molar-refractivity contribution in [3.63, 3.8) is 0 Å². The van der Waals surface area contributed by atoms with Gasteiger partial charge in [-0.2, -0.15) is 5.10 Å². The van der Waals surface area contributed by atoms with E-state index in [9.17, 15) is 13.5 Å². The Hall–Kier alpha value is -2.54. The number of aromatic amines is 1. The maximum absolute atomic E-state index is 11.5. The van der Waals surface area contributed by atoms with Crippen molar-refractivity contribution in [2.24, 2.45) is 0 Å². The fourth-order valence-corrected chi connectivity index (χ4v) is 2.72. The first-order chi connectivity index (χ1) is 9.92. The number of nitrogens with one attached hydrogen (secondary N) is 2. The number of rotatable bonds is 3. The molecule has 0 saturated carbocycles. The molecule has 0 aliphatic heterocycles. The third kappa shape index (κ3) is 2.82. The van der Waals surface area contributed by atoms with Gasteiger partial charge in [0, 0.05) is 5.39 Å². The van der Waals surface area contributed by atoms with Crippen LogP contribution in [0.5, 0.6) is 5.75 Å². The van der Waals surface area contributed by atoms with Gasteiger partial charge >= 0.3 is 0 Å². The van der Waals surface area contributed by atoms with E-state index < -0.39 is 10.0 Å². The van der Waals surface area contributed by atoms with E-state index in [1.165, 1.54) is 0 Å². The standard InChI is InChI=1S/C14H13N3O3S/c1-21(19,20)17-14-7-10(6-13-12(14)8-15-16-13)9-2-4-11(18)5-3-9/h2-8,17-18H,1H3,(H,15,16). The molecule has 3 N–H and O–H groups in total. The highest BCUT2D eigenvalue weighted by Gasteiger charge is 2.11. The molecule has 1 aromatic heterocycles. The molecule has 0 amide bonds. The summed E-state index contributed by atoms with van der Waals surface area (Å²) in [6, 6.07) is 10.3. The van der Waals surface area contributed by atoms with E-state index in [1.54, 1.807) is 36.5 Å². The van der Waals surface area contributed by atoms with Crippen LogP contribution in [-0.4, -0.2) is 30.0 Å². The molecule has 3 rings (SSSR count). The van der Waals surface area contributed by atoms with E-state index in [1.807, 2.05) is 6.07 Å². The van der Waals surface area contributed by atoms with Gasteiger partial charge in [0.05, 0.1) is 23.7 Å². The van der Waals surface area contributed by atoms with Crippen molar-refractivity contribution in [1.29, 1.82) is 0 Å². The summed E-state index contributed by atoms with van der Waals surface area (Å²) in [4.78, 5) is 0. The molecule has 1 heterocycles. The SMILES string of the molecule is CS(=O)(=O)Nc1cc(-c2ccc(O)cc2)cc2[nH]ncc12.